The SMILES string of the molecule is CCOC(=O)c1ccc(S(=O)(=O)N(C)Cc2c(C)noc2C)c(Br)c1. The lowest BCUT2D eigenvalue weighted by Crippen LogP contribution is -2.27. The van der Waals surface area contributed by atoms with Crippen LogP contribution < -0.4 is 0 Å². The highest BCUT2D eigenvalue weighted by Crippen LogP contribution is 2.27. The third kappa shape index (κ3) is 4.10. The second kappa shape index (κ2) is 7.67. The van der Waals surface area contributed by atoms with Crippen LogP contribution in [-0.2, 0) is 21.3 Å². The Balaban J connectivity index is 2.31. The summed E-state index contributed by atoms with van der Waals surface area (Å²) in [7, 11) is -2.29. The van der Waals surface area contributed by atoms with E-state index < -0.39 is 16.0 Å². The highest BCUT2D eigenvalue weighted by atomic mass is 79.9. The Morgan fingerprint density at radius 1 is 1.36 bits per heavy atom. The first-order valence-electron chi connectivity index (χ1n) is 7.53. The molecule has 0 aliphatic rings. The topological polar surface area (TPSA) is 89.7 Å². The molecular weight excluding hydrogens is 412 g/mol. The number of carbonyl (C=O) groups excluding carboxylic acids is 1. The summed E-state index contributed by atoms with van der Waals surface area (Å²) in [5.41, 5.74) is 1.66. The van der Waals surface area contributed by atoms with Crippen molar-refractivity contribution in [1.29, 1.82) is 0 Å². The second-order valence-electron chi connectivity index (χ2n) is 5.43. The van der Waals surface area contributed by atoms with E-state index in [0.29, 0.717) is 15.9 Å². The van der Waals surface area contributed by atoms with Crippen LogP contribution in [0, 0.1) is 13.8 Å². The fraction of sp³-hybridized carbons (Fsp3) is 0.375. The maximum Gasteiger partial charge on any atom is 0.338 e. The third-order valence-corrected chi connectivity index (χ3v) is 6.47. The maximum atomic E-state index is 12.8. The van der Waals surface area contributed by atoms with E-state index in [9.17, 15) is 13.2 Å². The van der Waals surface area contributed by atoms with Gasteiger partial charge in [0, 0.05) is 23.6 Å². The zero-order valence-electron chi connectivity index (χ0n) is 14.4. The molecule has 0 amide bonds. The van der Waals surface area contributed by atoms with Crippen LogP contribution in [0.3, 0.4) is 0 Å². The summed E-state index contributed by atoms with van der Waals surface area (Å²) < 4.78 is 37.2. The minimum atomic E-state index is -3.77. The van der Waals surface area contributed by atoms with Gasteiger partial charge in [-0.25, -0.2) is 13.2 Å². The van der Waals surface area contributed by atoms with Crippen LogP contribution in [0.2, 0.25) is 0 Å². The number of halogens is 1. The number of aromatic nitrogens is 1. The molecule has 0 saturated heterocycles. The Morgan fingerprint density at radius 3 is 2.56 bits per heavy atom. The molecule has 0 fully saturated rings. The van der Waals surface area contributed by atoms with Crippen molar-refractivity contribution in [2.24, 2.45) is 0 Å². The molecular formula is C16H19BrN2O5S. The summed E-state index contributed by atoms with van der Waals surface area (Å²) in [5.74, 6) is 0.0764. The second-order valence-corrected chi connectivity index (χ2v) is 8.30. The summed E-state index contributed by atoms with van der Waals surface area (Å²) in [4.78, 5) is 11.8. The molecule has 0 spiro atoms. The molecule has 0 radical (unpaired) electrons. The molecule has 2 rings (SSSR count). The van der Waals surface area contributed by atoms with E-state index in [0.717, 1.165) is 5.56 Å². The highest BCUT2D eigenvalue weighted by molar-refractivity contribution is 9.10. The number of nitrogens with zero attached hydrogens (tertiary/aromatic N) is 2. The molecule has 25 heavy (non-hydrogen) atoms. The van der Waals surface area contributed by atoms with Crippen molar-refractivity contribution >= 4 is 31.9 Å². The van der Waals surface area contributed by atoms with E-state index in [1.807, 2.05) is 0 Å². The summed E-state index contributed by atoms with van der Waals surface area (Å²) in [6, 6.07) is 4.25. The minimum Gasteiger partial charge on any atom is -0.462 e. The summed E-state index contributed by atoms with van der Waals surface area (Å²) >= 11 is 3.23. The number of hydrogen-bond acceptors (Lipinski definition) is 6. The van der Waals surface area contributed by atoms with Crippen LogP contribution in [0.25, 0.3) is 0 Å². The minimum absolute atomic E-state index is 0.0646. The van der Waals surface area contributed by atoms with E-state index in [1.165, 1.54) is 29.6 Å². The van der Waals surface area contributed by atoms with Crippen LogP contribution >= 0.6 is 15.9 Å². The van der Waals surface area contributed by atoms with Gasteiger partial charge >= 0.3 is 5.97 Å². The number of hydrogen-bond donors (Lipinski definition) is 0. The predicted octanol–water partition coefficient (Wildman–Crippen LogP) is 3.05. The molecule has 136 valence electrons. The van der Waals surface area contributed by atoms with Gasteiger partial charge in [0.1, 0.15) is 5.76 Å². The van der Waals surface area contributed by atoms with Gasteiger partial charge in [-0.05, 0) is 54.9 Å². The summed E-state index contributed by atoms with van der Waals surface area (Å²) in [5, 5.41) is 3.83. The highest BCUT2D eigenvalue weighted by Gasteiger charge is 2.26. The molecule has 0 aliphatic heterocycles. The normalized spacial score (nSPS) is 11.8. The Bertz CT molecular complexity index is 872. The van der Waals surface area contributed by atoms with Crippen molar-refractivity contribution < 1.29 is 22.5 Å². The lowest BCUT2D eigenvalue weighted by molar-refractivity contribution is 0.0526. The smallest absolute Gasteiger partial charge is 0.338 e. The third-order valence-electron chi connectivity index (χ3n) is 3.69. The number of rotatable bonds is 6. The van der Waals surface area contributed by atoms with Gasteiger partial charge in [-0.15, -0.1) is 0 Å². The monoisotopic (exact) mass is 430 g/mol. The number of benzene rings is 1. The van der Waals surface area contributed by atoms with Crippen molar-refractivity contribution in [3.8, 4) is 0 Å². The van der Waals surface area contributed by atoms with E-state index in [1.54, 1.807) is 20.8 Å². The zero-order valence-corrected chi connectivity index (χ0v) is 16.8. The molecule has 0 saturated carbocycles. The van der Waals surface area contributed by atoms with Crippen molar-refractivity contribution in [3.05, 3.63) is 45.3 Å². The maximum absolute atomic E-state index is 12.8. The molecule has 0 aliphatic carbocycles. The number of aryl methyl sites for hydroxylation is 2. The van der Waals surface area contributed by atoms with Crippen molar-refractivity contribution in [1.82, 2.24) is 9.46 Å². The Morgan fingerprint density at radius 2 is 2.04 bits per heavy atom. The fourth-order valence-corrected chi connectivity index (χ4v) is 4.43. The van der Waals surface area contributed by atoms with Gasteiger partial charge in [-0.1, -0.05) is 5.16 Å². The van der Waals surface area contributed by atoms with Gasteiger partial charge in [0.2, 0.25) is 10.0 Å². The zero-order chi connectivity index (χ0) is 18.8. The van der Waals surface area contributed by atoms with Gasteiger partial charge in [0.25, 0.3) is 0 Å². The average Bonchev–Trinajstić information content (AvgIpc) is 2.86. The first-order valence-corrected chi connectivity index (χ1v) is 9.76. The molecule has 0 N–H and O–H groups in total. The van der Waals surface area contributed by atoms with Crippen molar-refractivity contribution in [3.63, 3.8) is 0 Å². The quantitative estimate of drug-likeness (QED) is 0.654. The Kier molecular flexibility index (Phi) is 6.02. The van der Waals surface area contributed by atoms with Crippen LogP contribution in [-0.4, -0.2) is 37.5 Å². The van der Waals surface area contributed by atoms with Crippen molar-refractivity contribution in [2.45, 2.75) is 32.2 Å². The molecule has 9 heteroatoms. The Labute approximate surface area is 155 Å². The van der Waals surface area contributed by atoms with Gasteiger partial charge < -0.3 is 9.26 Å². The predicted molar refractivity (Wildman–Crippen MR) is 94.7 cm³/mol. The average molecular weight is 431 g/mol. The van der Waals surface area contributed by atoms with Gasteiger partial charge in [-0.3, -0.25) is 0 Å². The van der Waals surface area contributed by atoms with E-state index >= 15 is 0 Å². The largest absolute Gasteiger partial charge is 0.462 e. The Hall–Kier alpha value is -1.71. The van der Waals surface area contributed by atoms with E-state index in [-0.39, 0.29) is 23.6 Å². The first kappa shape index (κ1) is 19.6. The fourth-order valence-electron chi connectivity index (χ4n) is 2.25. The first-order chi connectivity index (χ1) is 11.7. The lowest BCUT2D eigenvalue weighted by atomic mass is 10.2. The molecule has 7 nitrogen and oxygen atoms in total. The summed E-state index contributed by atoms with van der Waals surface area (Å²) in [6.07, 6.45) is 0. The number of carbonyl (C=O) groups is 1. The number of ether oxygens (including phenoxy) is 1. The van der Waals surface area contributed by atoms with E-state index in [2.05, 4.69) is 21.1 Å². The molecule has 1 heterocycles. The van der Waals surface area contributed by atoms with Crippen LogP contribution in [0.1, 0.15) is 34.3 Å². The summed E-state index contributed by atoms with van der Waals surface area (Å²) in [6.45, 7) is 5.58. The van der Waals surface area contributed by atoms with E-state index in [4.69, 9.17) is 9.26 Å². The van der Waals surface area contributed by atoms with Crippen LogP contribution in [0.5, 0.6) is 0 Å². The standard InChI is InChI=1S/C16H19BrN2O5S/c1-5-23-16(20)12-6-7-15(14(17)8-12)25(21,22)19(4)9-13-10(2)18-24-11(13)3/h6-8H,5,9H2,1-4H3. The molecule has 2 aromatic rings. The van der Waals surface area contributed by atoms with Gasteiger partial charge in [0.15, 0.2) is 0 Å². The lowest BCUT2D eigenvalue weighted by Gasteiger charge is -2.18. The molecule has 0 bridgehead atoms. The molecule has 1 aromatic heterocycles. The van der Waals surface area contributed by atoms with Crippen molar-refractivity contribution in [2.75, 3.05) is 13.7 Å². The van der Waals surface area contributed by atoms with Crippen LogP contribution in [0.15, 0.2) is 32.1 Å². The molecule has 0 unspecified atom stereocenters. The number of esters is 1. The number of sulfonamides is 1. The van der Waals surface area contributed by atoms with Gasteiger partial charge in [-0.2, -0.15) is 4.31 Å². The molecule has 1 aromatic carbocycles. The van der Waals surface area contributed by atoms with Crippen LogP contribution in [0.4, 0.5) is 0 Å². The van der Waals surface area contributed by atoms with Gasteiger partial charge in [0.05, 0.1) is 22.8 Å². The molecule has 0 atom stereocenters.